The molecule has 18 heavy (non-hydrogen) atoms. The van der Waals surface area contributed by atoms with Crippen molar-refractivity contribution >= 4 is 15.9 Å². The van der Waals surface area contributed by atoms with Crippen LogP contribution < -0.4 is 5.32 Å². The van der Waals surface area contributed by atoms with Gasteiger partial charge in [-0.3, -0.25) is 4.68 Å². The van der Waals surface area contributed by atoms with Crippen LogP contribution in [0.2, 0.25) is 0 Å². The van der Waals surface area contributed by atoms with E-state index in [2.05, 4.69) is 51.8 Å². The molecule has 3 nitrogen and oxygen atoms in total. The molecular formula is C14H24BrN3. The van der Waals surface area contributed by atoms with E-state index < -0.39 is 0 Å². The highest BCUT2D eigenvalue weighted by Crippen LogP contribution is 2.26. The summed E-state index contributed by atoms with van der Waals surface area (Å²) in [7, 11) is 0. The molecule has 0 radical (unpaired) electrons. The van der Waals surface area contributed by atoms with Gasteiger partial charge in [-0.2, -0.15) is 5.10 Å². The first kappa shape index (κ1) is 14.1. The summed E-state index contributed by atoms with van der Waals surface area (Å²) in [5, 5.41) is 8.35. The van der Waals surface area contributed by atoms with Crippen LogP contribution in [0.15, 0.2) is 4.47 Å². The van der Waals surface area contributed by atoms with Crippen LogP contribution >= 0.6 is 15.9 Å². The first-order chi connectivity index (χ1) is 8.67. The molecule has 0 amide bonds. The fourth-order valence-electron chi connectivity index (χ4n) is 2.86. The van der Waals surface area contributed by atoms with Crippen molar-refractivity contribution in [2.45, 2.75) is 65.6 Å². The van der Waals surface area contributed by atoms with Gasteiger partial charge in [-0.25, -0.2) is 0 Å². The summed E-state index contributed by atoms with van der Waals surface area (Å²) in [5.41, 5.74) is 2.47. The largest absolute Gasteiger partial charge is 0.308 e. The Kier molecular flexibility index (Phi) is 4.84. The second kappa shape index (κ2) is 6.20. The molecule has 0 bridgehead atoms. The van der Waals surface area contributed by atoms with E-state index in [1.54, 1.807) is 0 Å². The number of halogens is 1. The molecule has 2 unspecified atom stereocenters. The maximum Gasteiger partial charge on any atom is 0.0767 e. The lowest BCUT2D eigenvalue weighted by Gasteiger charge is -2.17. The Morgan fingerprint density at radius 3 is 2.72 bits per heavy atom. The lowest BCUT2D eigenvalue weighted by molar-refractivity contribution is 0.416. The molecule has 102 valence electrons. The Hall–Kier alpha value is -0.350. The van der Waals surface area contributed by atoms with Crippen molar-refractivity contribution in [2.75, 3.05) is 0 Å². The number of rotatable bonds is 5. The molecule has 1 aliphatic carbocycles. The molecule has 0 saturated heterocycles. The monoisotopic (exact) mass is 313 g/mol. The molecule has 1 N–H and O–H groups in total. The van der Waals surface area contributed by atoms with Crippen molar-refractivity contribution in [2.24, 2.45) is 5.92 Å². The van der Waals surface area contributed by atoms with E-state index in [0.717, 1.165) is 25.4 Å². The predicted octanol–water partition coefficient (Wildman–Crippen LogP) is 3.51. The van der Waals surface area contributed by atoms with Gasteiger partial charge in [0.25, 0.3) is 0 Å². The van der Waals surface area contributed by atoms with E-state index in [1.165, 1.54) is 35.1 Å². The van der Waals surface area contributed by atoms with E-state index in [1.807, 2.05) is 0 Å². The molecule has 1 aromatic heterocycles. The number of nitrogens with one attached hydrogen (secondary N) is 1. The van der Waals surface area contributed by atoms with Crippen LogP contribution in [0.3, 0.4) is 0 Å². The van der Waals surface area contributed by atoms with Crippen molar-refractivity contribution in [1.29, 1.82) is 0 Å². The maximum absolute atomic E-state index is 4.64. The molecule has 0 aromatic carbocycles. The van der Waals surface area contributed by atoms with Gasteiger partial charge in [-0.1, -0.05) is 20.3 Å². The van der Waals surface area contributed by atoms with Crippen LogP contribution in [0, 0.1) is 5.92 Å². The molecule has 2 atom stereocenters. The van der Waals surface area contributed by atoms with Gasteiger partial charge in [0, 0.05) is 19.1 Å². The molecular weight excluding hydrogens is 290 g/mol. The van der Waals surface area contributed by atoms with Gasteiger partial charge in [-0.05, 0) is 48.0 Å². The number of hydrogen-bond donors (Lipinski definition) is 1. The Labute approximate surface area is 118 Å². The second-order valence-corrected chi connectivity index (χ2v) is 6.07. The summed E-state index contributed by atoms with van der Waals surface area (Å²) in [6, 6.07) is 0.683. The minimum Gasteiger partial charge on any atom is -0.308 e. The lowest BCUT2D eigenvalue weighted by atomic mass is 10.1. The van der Waals surface area contributed by atoms with Crippen molar-refractivity contribution in [3.05, 3.63) is 15.9 Å². The predicted molar refractivity (Wildman–Crippen MR) is 78.6 cm³/mol. The van der Waals surface area contributed by atoms with Crippen LogP contribution in [0.5, 0.6) is 0 Å². The van der Waals surface area contributed by atoms with Crippen LogP contribution in [0.25, 0.3) is 0 Å². The minimum atomic E-state index is 0.683. The Morgan fingerprint density at radius 1 is 1.39 bits per heavy atom. The molecule has 1 aromatic rings. The number of aromatic nitrogens is 2. The minimum absolute atomic E-state index is 0.683. The third kappa shape index (κ3) is 2.80. The van der Waals surface area contributed by atoms with Crippen molar-refractivity contribution < 1.29 is 0 Å². The van der Waals surface area contributed by atoms with Gasteiger partial charge < -0.3 is 5.32 Å². The normalized spacial score (nSPS) is 23.8. The zero-order chi connectivity index (χ0) is 13.1. The quantitative estimate of drug-likeness (QED) is 0.901. The average Bonchev–Trinajstić information content (AvgIpc) is 2.91. The van der Waals surface area contributed by atoms with E-state index in [4.69, 9.17) is 0 Å². The van der Waals surface area contributed by atoms with Gasteiger partial charge in [0.15, 0.2) is 0 Å². The molecule has 0 aliphatic heterocycles. The topological polar surface area (TPSA) is 29.9 Å². The van der Waals surface area contributed by atoms with Gasteiger partial charge in [0.1, 0.15) is 0 Å². The molecule has 1 heterocycles. The van der Waals surface area contributed by atoms with E-state index in [0.29, 0.717) is 6.04 Å². The van der Waals surface area contributed by atoms with Crippen molar-refractivity contribution in [3.63, 3.8) is 0 Å². The maximum atomic E-state index is 4.64. The fourth-order valence-corrected chi connectivity index (χ4v) is 3.57. The average molecular weight is 314 g/mol. The van der Waals surface area contributed by atoms with Crippen LogP contribution in [-0.4, -0.2) is 15.8 Å². The van der Waals surface area contributed by atoms with Crippen molar-refractivity contribution in [3.8, 4) is 0 Å². The summed E-state index contributed by atoms with van der Waals surface area (Å²) in [5.74, 6) is 0.812. The highest BCUT2D eigenvalue weighted by atomic mass is 79.9. The SMILES string of the molecule is CCc1nn(CC)c(CNC2CCCC2C)c1Br. The molecule has 1 fully saturated rings. The molecule has 0 spiro atoms. The van der Waals surface area contributed by atoms with E-state index in [9.17, 15) is 0 Å². The van der Waals surface area contributed by atoms with Gasteiger partial charge in [-0.15, -0.1) is 0 Å². The highest BCUT2D eigenvalue weighted by molar-refractivity contribution is 9.10. The van der Waals surface area contributed by atoms with Crippen LogP contribution in [-0.2, 0) is 19.5 Å². The summed E-state index contributed by atoms with van der Waals surface area (Å²) < 4.78 is 3.32. The van der Waals surface area contributed by atoms with E-state index in [-0.39, 0.29) is 0 Å². The van der Waals surface area contributed by atoms with Crippen LogP contribution in [0.1, 0.15) is 51.4 Å². The van der Waals surface area contributed by atoms with Crippen molar-refractivity contribution in [1.82, 2.24) is 15.1 Å². The fraction of sp³-hybridized carbons (Fsp3) is 0.786. The standard InChI is InChI=1S/C14H24BrN3/c1-4-11-14(15)13(18(5-2)17-11)9-16-12-8-6-7-10(12)3/h10,12,16H,4-9H2,1-3H3. The smallest absolute Gasteiger partial charge is 0.0767 e. The van der Waals surface area contributed by atoms with Gasteiger partial charge in [0.05, 0.1) is 15.9 Å². The Morgan fingerprint density at radius 2 is 2.17 bits per heavy atom. The molecule has 2 rings (SSSR count). The third-order valence-electron chi connectivity index (χ3n) is 4.09. The molecule has 1 aliphatic rings. The Balaban J connectivity index is 2.06. The van der Waals surface area contributed by atoms with E-state index >= 15 is 0 Å². The summed E-state index contributed by atoms with van der Waals surface area (Å²) in [6.45, 7) is 8.53. The number of aryl methyl sites for hydroxylation is 2. The van der Waals surface area contributed by atoms with Gasteiger partial charge in [0.2, 0.25) is 0 Å². The third-order valence-corrected chi connectivity index (χ3v) is 5.00. The molecule has 4 heteroatoms. The summed E-state index contributed by atoms with van der Waals surface area (Å²) >= 11 is 3.70. The molecule has 1 saturated carbocycles. The van der Waals surface area contributed by atoms with Gasteiger partial charge >= 0.3 is 0 Å². The van der Waals surface area contributed by atoms with Crippen LogP contribution in [0.4, 0.5) is 0 Å². The number of nitrogens with zero attached hydrogens (tertiary/aromatic N) is 2. The summed E-state index contributed by atoms with van der Waals surface area (Å²) in [6.07, 6.45) is 5.04. The summed E-state index contributed by atoms with van der Waals surface area (Å²) in [4.78, 5) is 0. The highest BCUT2D eigenvalue weighted by Gasteiger charge is 2.23. The zero-order valence-electron chi connectivity index (χ0n) is 11.7. The second-order valence-electron chi connectivity index (χ2n) is 5.27. The Bertz CT molecular complexity index is 400. The first-order valence-electron chi connectivity index (χ1n) is 7.14. The number of hydrogen-bond acceptors (Lipinski definition) is 2. The zero-order valence-corrected chi connectivity index (χ0v) is 13.3. The lowest BCUT2D eigenvalue weighted by Crippen LogP contribution is -2.31. The first-order valence-corrected chi connectivity index (χ1v) is 7.94.